The Balaban J connectivity index is 2.07. The Hall–Kier alpha value is -1.48. The van der Waals surface area contributed by atoms with E-state index in [4.69, 9.17) is 9.84 Å². The number of aliphatic hydroxyl groups excluding tert-OH is 3. The lowest BCUT2D eigenvalue weighted by Crippen LogP contribution is -2.37. The van der Waals surface area contributed by atoms with Crippen molar-refractivity contribution in [2.75, 3.05) is 11.9 Å². The molecule has 0 amide bonds. The second-order valence-electron chi connectivity index (χ2n) is 3.68. The zero-order chi connectivity index (χ0) is 12.4. The maximum atomic E-state index is 10.9. The third kappa shape index (κ3) is 2.44. The molecule has 5 N–H and O–H groups in total. The Labute approximate surface area is 95.9 Å². The number of aliphatic hydroxyl groups is 3. The fourth-order valence-corrected chi connectivity index (χ4v) is 1.62. The van der Waals surface area contributed by atoms with Crippen LogP contribution in [-0.2, 0) is 4.74 Å². The number of aromatic nitrogens is 2. The number of nitrogens with one attached hydrogen (secondary N) is 2. The summed E-state index contributed by atoms with van der Waals surface area (Å²) in [4.78, 5) is 16.9. The van der Waals surface area contributed by atoms with E-state index in [1.54, 1.807) is 0 Å². The van der Waals surface area contributed by atoms with Gasteiger partial charge in [0, 0.05) is 6.20 Å². The summed E-state index contributed by atoms with van der Waals surface area (Å²) in [6.45, 7) is -0.404. The number of ether oxygens (including phenoxy) is 1. The molecule has 4 atom stereocenters. The third-order valence-corrected chi connectivity index (χ3v) is 2.50. The summed E-state index contributed by atoms with van der Waals surface area (Å²) in [5.74, 6) is 0.212. The number of anilines is 1. The summed E-state index contributed by atoms with van der Waals surface area (Å²) in [5.41, 5.74) is -0.540. The van der Waals surface area contributed by atoms with Crippen LogP contribution >= 0.6 is 0 Å². The molecule has 1 unspecified atom stereocenters. The van der Waals surface area contributed by atoms with E-state index in [0.717, 1.165) is 0 Å². The first kappa shape index (κ1) is 12.0. The minimum atomic E-state index is -1.20. The van der Waals surface area contributed by atoms with Gasteiger partial charge in [-0.25, -0.2) is 4.79 Å². The molecule has 17 heavy (non-hydrogen) atoms. The Morgan fingerprint density at radius 1 is 1.47 bits per heavy atom. The molecule has 1 saturated heterocycles. The first-order valence-corrected chi connectivity index (χ1v) is 5.06. The van der Waals surface area contributed by atoms with Crippen LogP contribution in [-0.4, -0.2) is 56.4 Å². The van der Waals surface area contributed by atoms with Gasteiger partial charge >= 0.3 is 5.69 Å². The zero-order valence-corrected chi connectivity index (χ0v) is 8.78. The molecule has 0 aliphatic carbocycles. The molecule has 0 radical (unpaired) electrons. The SMILES string of the molecule is O=c1nc(NC2O[C@H](CO)[C@@H](O)[C@H]2O)cc[nH]1. The minimum Gasteiger partial charge on any atom is -0.394 e. The predicted molar refractivity (Wildman–Crippen MR) is 56.2 cm³/mol. The summed E-state index contributed by atoms with van der Waals surface area (Å²) in [7, 11) is 0. The molecule has 1 aromatic heterocycles. The topological polar surface area (TPSA) is 128 Å². The third-order valence-electron chi connectivity index (χ3n) is 2.50. The minimum absolute atomic E-state index is 0.212. The van der Waals surface area contributed by atoms with Crippen LogP contribution in [0.5, 0.6) is 0 Å². The van der Waals surface area contributed by atoms with Crippen LogP contribution < -0.4 is 11.0 Å². The highest BCUT2D eigenvalue weighted by Crippen LogP contribution is 2.21. The summed E-state index contributed by atoms with van der Waals surface area (Å²) < 4.78 is 5.17. The first-order valence-electron chi connectivity index (χ1n) is 5.06. The molecule has 1 aromatic rings. The highest BCUT2D eigenvalue weighted by Gasteiger charge is 2.42. The van der Waals surface area contributed by atoms with Crippen molar-refractivity contribution in [2.24, 2.45) is 0 Å². The number of hydrogen-bond donors (Lipinski definition) is 5. The van der Waals surface area contributed by atoms with Crippen molar-refractivity contribution < 1.29 is 20.1 Å². The standard InChI is InChI=1S/C9H13N3O5/c13-3-4-6(14)7(15)8(17-4)11-5-1-2-10-9(16)12-5/h1-2,4,6-8,13-15H,3H2,(H2,10,11,12,16)/t4-,6-,7-,8?/m1/s1. The van der Waals surface area contributed by atoms with Crippen LogP contribution in [0.4, 0.5) is 5.82 Å². The monoisotopic (exact) mass is 243 g/mol. The Bertz CT molecular complexity index is 437. The van der Waals surface area contributed by atoms with Gasteiger partial charge in [-0.3, -0.25) is 0 Å². The quantitative estimate of drug-likeness (QED) is 0.401. The van der Waals surface area contributed by atoms with Crippen molar-refractivity contribution in [2.45, 2.75) is 24.5 Å². The number of hydrogen-bond acceptors (Lipinski definition) is 7. The van der Waals surface area contributed by atoms with E-state index in [9.17, 15) is 15.0 Å². The molecule has 0 saturated carbocycles. The van der Waals surface area contributed by atoms with Gasteiger partial charge in [-0.05, 0) is 6.07 Å². The van der Waals surface area contributed by atoms with Crippen LogP contribution in [0.15, 0.2) is 17.1 Å². The van der Waals surface area contributed by atoms with E-state index in [1.807, 2.05) is 0 Å². The number of nitrogens with zero attached hydrogens (tertiary/aromatic N) is 1. The Morgan fingerprint density at radius 2 is 2.24 bits per heavy atom. The summed E-state index contributed by atoms with van der Waals surface area (Å²) in [5, 5.41) is 30.7. The molecule has 0 bridgehead atoms. The summed E-state index contributed by atoms with van der Waals surface area (Å²) >= 11 is 0. The lowest BCUT2D eigenvalue weighted by Gasteiger charge is -2.16. The highest BCUT2D eigenvalue weighted by atomic mass is 16.6. The Kier molecular flexibility index (Phi) is 3.38. The van der Waals surface area contributed by atoms with Crippen LogP contribution in [0.3, 0.4) is 0 Å². The lowest BCUT2D eigenvalue weighted by atomic mass is 10.1. The summed E-state index contributed by atoms with van der Waals surface area (Å²) in [6.07, 6.45) is -2.77. The molecule has 1 aliphatic heterocycles. The van der Waals surface area contributed by atoms with E-state index >= 15 is 0 Å². The maximum Gasteiger partial charge on any atom is 0.346 e. The zero-order valence-electron chi connectivity index (χ0n) is 8.78. The van der Waals surface area contributed by atoms with Crippen molar-refractivity contribution in [3.63, 3.8) is 0 Å². The van der Waals surface area contributed by atoms with Gasteiger partial charge in [0.1, 0.15) is 24.1 Å². The first-order chi connectivity index (χ1) is 8.11. The van der Waals surface area contributed by atoms with Gasteiger partial charge < -0.3 is 30.4 Å². The number of rotatable bonds is 3. The van der Waals surface area contributed by atoms with E-state index in [-0.39, 0.29) is 5.82 Å². The molecule has 0 aromatic carbocycles. The molecule has 1 aliphatic rings. The second-order valence-corrected chi connectivity index (χ2v) is 3.68. The van der Waals surface area contributed by atoms with Gasteiger partial charge in [-0.15, -0.1) is 0 Å². The fraction of sp³-hybridized carbons (Fsp3) is 0.556. The van der Waals surface area contributed by atoms with Gasteiger partial charge in [0.05, 0.1) is 6.61 Å². The molecule has 0 spiro atoms. The summed E-state index contributed by atoms with van der Waals surface area (Å²) in [6, 6.07) is 1.48. The van der Waals surface area contributed by atoms with Gasteiger partial charge in [0.15, 0.2) is 6.23 Å². The van der Waals surface area contributed by atoms with Crippen molar-refractivity contribution >= 4 is 5.82 Å². The van der Waals surface area contributed by atoms with Crippen molar-refractivity contribution in [1.29, 1.82) is 0 Å². The molecular weight excluding hydrogens is 230 g/mol. The fourth-order valence-electron chi connectivity index (χ4n) is 1.62. The largest absolute Gasteiger partial charge is 0.394 e. The van der Waals surface area contributed by atoms with Crippen LogP contribution in [0.25, 0.3) is 0 Å². The average molecular weight is 243 g/mol. The normalized spacial score (nSPS) is 32.6. The molecule has 2 heterocycles. The van der Waals surface area contributed by atoms with E-state index in [1.165, 1.54) is 12.3 Å². The highest BCUT2D eigenvalue weighted by molar-refractivity contribution is 5.33. The number of H-pyrrole nitrogens is 1. The van der Waals surface area contributed by atoms with Crippen molar-refractivity contribution in [1.82, 2.24) is 9.97 Å². The van der Waals surface area contributed by atoms with Crippen molar-refractivity contribution in [3.8, 4) is 0 Å². The van der Waals surface area contributed by atoms with E-state index in [0.29, 0.717) is 0 Å². The molecule has 8 nitrogen and oxygen atoms in total. The smallest absolute Gasteiger partial charge is 0.346 e. The average Bonchev–Trinajstić information content (AvgIpc) is 2.57. The van der Waals surface area contributed by atoms with Gasteiger partial charge in [-0.2, -0.15) is 4.98 Å². The Morgan fingerprint density at radius 3 is 2.82 bits per heavy atom. The molecule has 8 heteroatoms. The van der Waals surface area contributed by atoms with Crippen molar-refractivity contribution in [3.05, 3.63) is 22.7 Å². The van der Waals surface area contributed by atoms with E-state index < -0.39 is 36.8 Å². The maximum absolute atomic E-state index is 10.9. The molecular formula is C9H13N3O5. The van der Waals surface area contributed by atoms with E-state index in [2.05, 4.69) is 15.3 Å². The lowest BCUT2D eigenvalue weighted by molar-refractivity contribution is -0.0154. The molecule has 2 rings (SSSR count). The second kappa shape index (κ2) is 4.80. The van der Waals surface area contributed by atoms with Crippen LogP contribution in [0.1, 0.15) is 0 Å². The number of aromatic amines is 1. The predicted octanol–water partition coefficient (Wildman–Crippen LogP) is -2.38. The molecule has 1 fully saturated rings. The molecule has 94 valence electrons. The van der Waals surface area contributed by atoms with Gasteiger partial charge in [-0.1, -0.05) is 0 Å². The van der Waals surface area contributed by atoms with Gasteiger partial charge in [0.2, 0.25) is 0 Å². The van der Waals surface area contributed by atoms with Gasteiger partial charge in [0.25, 0.3) is 0 Å². The van der Waals surface area contributed by atoms with Crippen LogP contribution in [0.2, 0.25) is 0 Å². The van der Waals surface area contributed by atoms with Crippen LogP contribution in [0, 0.1) is 0 Å².